The molecule has 98 valence electrons. The summed E-state index contributed by atoms with van der Waals surface area (Å²) in [5.41, 5.74) is -1.99. The molecule has 1 aromatic carbocycles. The fourth-order valence-corrected chi connectivity index (χ4v) is 1.54. The van der Waals surface area contributed by atoms with Crippen LogP contribution < -0.4 is 0 Å². The summed E-state index contributed by atoms with van der Waals surface area (Å²) in [5.74, 6) is -6.03. The van der Waals surface area contributed by atoms with E-state index in [4.69, 9.17) is 0 Å². The largest absolute Gasteiger partial charge is 0.458 e. The molecule has 2 rings (SSSR count). The van der Waals surface area contributed by atoms with Gasteiger partial charge < -0.3 is 9.84 Å². The van der Waals surface area contributed by atoms with Crippen LogP contribution in [0.25, 0.3) is 0 Å². The van der Waals surface area contributed by atoms with E-state index in [0.717, 1.165) is 6.07 Å². The maximum atomic E-state index is 13.0. The third-order valence-corrected chi connectivity index (χ3v) is 2.47. The van der Waals surface area contributed by atoms with E-state index in [0.29, 0.717) is 12.1 Å². The van der Waals surface area contributed by atoms with Crippen LogP contribution in [0.1, 0.15) is 27.8 Å². The van der Waals surface area contributed by atoms with Crippen LogP contribution >= 0.6 is 0 Å². The number of rotatable bonds is 1. The van der Waals surface area contributed by atoms with E-state index in [1.54, 1.807) is 0 Å². The summed E-state index contributed by atoms with van der Waals surface area (Å²) in [6, 6.07) is 1.66. The first-order chi connectivity index (χ1) is 8.14. The zero-order valence-corrected chi connectivity index (χ0v) is 8.46. The zero-order chi connectivity index (χ0) is 13.7. The van der Waals surface area contributed by atoms with Crippen molar-refractivity contribution in [2.75, 3.05) is 0 Å². The molecule has 8 heteroatoms. The number of fused-ring (bicyclic) bond motifs is 1. The van der Waals surface area contributed by atoms with Gasteiger partial charge in [0.25, 0.3) is 0 Å². The molecule has 0 bridgehead atoms. The number of aliphatic hydroxyl groups excluding tert-OH is 1. The van der Waals surface area contributed by atoms with Crippen LogP contribution in [0.5, 0.6) is 0 Å². The number of alkyl halides is 5. The minimum atomic E-state index is -5.75. The summed E-state index contributed by atoms with van der Waals surface area (Å²) in [7, 11) is 0. The molecule has 0 fully saturated rings. The topological polar surface area (TPSA) is 46.5 Å². The summed E-state index contributed by atoms with van der Waals surface area (Å²) in [4.78, 5) is 11.0. The number of benzene rings is 1. The minimum Gasteiger partial charge on any atom is -0.428 e. The van der Waals surface area contributed by atoms with E-state index >= 15 is 0 Å². The molecule has 1 heterocycles. The highest BCUT2D eigenvalue weighted by Gasteiger charge is 2.59. The first-order valence-corrected chi connectivity index (χ1v) is 4.62. The Labute approximate surface area is 96.8 Å². The number of hydrogen-bond donors (Lipinski definition) is 1. The van der Waals surface area contributed by atoms with Crippen molar-refractivity contribution < 1.29 is 36.6 Å². The quantitative estimate of drug-likeness (QED) is 0.628. The van der Waals surface area contributed by atoms with Crippen LogP contribution in [0.15, 0.2) is 18.2 Å². The molecule has 0 aliphatic carbocycles. The lowest BCUT2D eigenvalue weighted by atomic mass is 10.0. The second-order valence-electron chi connectivity index (χ2n) is 3.63. The monoisotopic (exact) mass is 268 g/mol. The second kappa shape index (κ2) is 3.64. The molecule has 0 spiro atoms. The average molecular weight is 268 g/mol. The van der Waals surface area contributed by atoms with Crippen molar-refractivity contribution in [3.05, 3.63) is 34.9 Å². The molecule has 18 heavy (non-hydrogen) atoms. The Morgan fingerprint density at radius 1 is 1.17 bits per heavy atom. The van der Waals surface area contributed by atoms with Crippen molar-refractivity contribution in [1.29, 1.82) is 0 Å². The molecule has 0 radical (unpaired) electrons. The molecule has 1 aliphatic rings. The Balaban J connectivity index is 2.51. The third kappa shape index (κ3) is 1.72. The van der Waals surface area contributed by atoms with Crippen LogP contribution in [-0.4, -0.2) is 17.3 Å². The number of carbonyl (C=O) groups is 1. The number of halogens is 5. The van der Waals surface area contributed by atoms with E-state index in [1.165, 1.54) is 0 Å². The van der Waals surface area contributed by atoms with Crippen molar-refractivity contribution in [3.63, 3.8) is 0 Å². The summed E-state index contributed by atoms with van der Waals surface area (Å²) in [6.45, 7) is 0. The molecule has 1 aliphatic heterocycles. The van der Waals surface area contributed by atoms with Crippen LogP contribution in [0, 0.1) is 0 Å². The van der Waals surface area contributed by atoms with Crippen LogP contribution in [0.4, 0.5) is 22.0 Å². The van der Waals surface area contributed by atoms with E-state index in [2.05, 4.69) is 4.74 Å². The number of carbonyl (C=O) groups excluding carboxylic acids is 1. The maximum Gasteiger partial charge on any atom is 0.458 e. The highest BCUT2D eigenvalue weighted by molar-refractivity contribution is 5.93. The normalized spacial score (nSPS) is 19.7. The van der Waals surface area contributed by atoms with Gasteiger partial charge in [-0.15, -0.1) is 0 Å². The highest BCUT2D eigenvalue weighted by atomic mass is 19.4. The SMILES string of the molecule is O=C1OC(O)c2cc(C(F)(F)C(F)(F)F)ccc21. The van der Waals surface area contributed by atoms with Crippen molar-refractivity contribution in [3.8, 4) is 0 Å². The lowest BCUT2D eigenvalue weighted by Crippen LogP contribution is -2.33. The van der Waals surface area contributed by atoms with Crippen LogP contribution in [0.2, 0.25) is 0 Å². The van der Waals surface area contributed by atoms with Gasteiger partial charge in [-0.1, -0.05) is 6.07 Å². The van der Waals surface area contributed by atoms with Crippen molar-refractivity contribution in [2.45, 2.75) is 18.4 Å². The van der Waals surface area contributed by atoms with Gasteiger partial charge in [-0.2, -0.15) is 22.0 Å². The second-order valence-corrected chi connectivity index (χ2v) is 3.63. The van der Waals surface area contributed by atoms with Crippen molar-refractivity contribution >= 4 is 5.97 Å². The summed E-state index contributed by atoms with van der Waals surface area (Å²) < 4.78 is 66.7. The fraction of sp³-hybridized carbons (Fsp3) is 0.300. The van der Waals surface area contributed by atoms with Gasteiger partial charge in [0.05, 0.1) is 5.56 Å². The number of cyclic esters (lactones) is 1. The Morgan fingerprint density at radius 3 is 2.33 bits per heavy atom. The summed E-state index contributed by atoms with van der Waals surface area (Å²) in [5, 5.41) is 9.18. The van der Waals surface area contributed by atoms with Crippen LogP contribution in [0.3, 0.4) is 0 Å². The number of aliphatic hydroxyl groups is 1. The number of hydrogen-bond acceptors (Lipinski definition) is 3. The predicted octanol–water partition coefficient (Wildman–Crippen LogP) is 2.50. The number of esters is 1. The van der Waals surface area contributed by atoms with Gasteiger partial charge in [-0.25, -0.2) is 4.79 Å². The molecule has 3 nitrogen and oxygen atoms in total. The smallest absolute Gasteiger partial charge is 0.428 e. The molecule has 0 saturated heterocycles. The third-order valence-electron chi connectivity index (χ3n) is 2.47. The maximum absolute atomic E-state index is 13.0. The van der Waals surface area contributed by atoms with Gasteiger partial charge >= 0.3 is 18.1 Å². The molecule has 1 aromatic rings. The van der Waals surface area contributed by atoms with Gasteiger partial charge in [0.1, 0.15) is 0 Å². The van der Waals surface area contributed by atoms with Crippen molar-refractivity contribution in [1.82, 2.24) is 0 Å². The molecule has 0 saturated carbocycles. The Bertz CT molecular complexity index is 509. The minimum absolute atomic E-state index is 0.232. The summed E-state index contributed by atoms with van der Waals surface area (Å²) in [6.07, 6.45) is -7.58. The lowest BCUT2D eigenvalue weighted by molar-refractivity contribution is -0.289. The zero-order valence-electron chi connectivity index (χ0n) is 8.46. The lowest BCUT2D eigenvalue weighted by Gasteiger charge is -2.20. The standard InChI is InChI=1S/C10H5F5O3/c11-9(12,10(13,14)15)4-1-2-5-6(3-4)8(17)18-7(5)16/h1-3,8,17H. The Kier molecular flexibility index (Phi) is 2.58. The van der Waals surface area contributed by atoms with E-state index < -0.39 is 35.5 Å². The number of ether oxygens (including phenoxy) is 1. The Morgan fingerprint density at radius 2 is 1.78 bits per heavy atom. The van der Waals surface area contributed by atoms with E-state index in [1.807, 2.05) is 0 Å². The molecule has 0 amide bonds. The van der Waals surface area contributed by atoms with Gasteiger partial charge in [0, 0.05) is 11.1 Å². The predicted molar refractivity (Wildman–Crippen MR) is 46.8 cm³/mol. The van der Waals surface area contributed by atoms with Crippen molar-refractivity contribution in [2.24, 2.45) is 0 Å². The first-order valence-electron chi connectivity index (χ1n) is 4.62. The molecular weight excluding hydrogens is 263 g/mol. The molecule has 1 N–H and O–H groups in total. The van der Waals surface area contributed by atoms with Gasteiger partial charge in [-0.3, -0.25) is 0 Å². The Hall–Kier alpha value is -1.70. The fourth-order valence-electron chi connectivity index (χ4n) is 1.54. The molecule has 0 aromatic heterocycles. The average Bonchev–Trinajstić information content (AvgIpc) is 2.53. The van der Waals surface area contributed by atoms with Gasteiger partial charge in [0.2, 0.25) is 6.29 Å². The van der Waals surface area contributed by atoms with E-state index in [9.17, 15) is 31.9 Å². The van der Waals surface area contributed by atoms with Gasteiger partial charge in [-0.05, 0) is 12.1 Å². The summed E-state index contributed by atoms with van der Waals surface area (Å²) >= 11 is 0. The molecule has 1 atom stereocenters. The highest BCUT2D eigenvalue weighted by Crippen LogP contribution is 2.45. The molecular formula is C10H5F5O3. The molecule has 1 unspecified atom stereocenters. The van der Waals surface area contributed by atoms with Crippen LogP contribution in [-0.2, 0) is 10.7 Å². The first kappa shape index (κ1) is 12.7. The van der Waals surface area contributed by atoms with Gasteiger partial charge in [0.15, 0.2) is 0 Å². The van der Waals surface area contributed by atoms with E-state index in [-0.39, 0.29) is 5.56 Å².